The summed E-state index contributed by atoms with van der Waals surface area (Å²) < 4.78 is 8.83. The van der Waals surface area contributed by atoms with E-state index in [0.717, 1.165) is 49.8 Å². The van der Waals surface area contributed by atoms with Crippen molar-refractivity contribution >= 4 is 22.9 Å². The first-order valence-corrected chi connectivity index (χ1v) is 9.00. The van der Waals surface area contributed by atoms with E-state index in [1.807, 2.05) is 24.0 Å². The van der Waals surface area contributed by atoms with Crippen molar-refractivity contribution in [3.05, 3.63) is 39.3 Å². The van der Waals surface area contributed by atoms with Gasteiger partial charge in [0.2, 0.25) is 0 Å². The molecule has 0 N–H and O–H groups in total. The maximum atomic E-state index is 6.02. The lowest BCUT2D eigenvalue weighted by Gasteiger charge is -2.31. The molecule has 0 unspecified atom stereocenters. The Morgan fingerprint density at radius 3 is 2.86 bits per heavy atom. The molecule has 120 valence electrons. The number of hydrogen-bond donors (Lipinski definition) is 0. The molecule has 1 fully saturated rings. The Morgan fingerprint density at radius 2 is 2.23 bits per heavy atom. The van der Waals surface area contributed by atoms with Gasteiger partial charge in [0.1, 0.15) is 0 Å². The van der Waals surface area contributed by atoms with E-state index in [4.69, 9.17) is 16.3 Å². The summed E-state index contributed by atoms with van der Waals surface area (Å²) in [6.07, 6.45) is 5.45. The molecule has 6 heteroatoms. The molecule has 3 rings (SSSR count). The fourth-order valence-electron chi connectivity index (χ4n) is 2.84. The topological polar surface area (TPSA) is 30.3 Å². The van der Waals surface area contributed by atoms with Crippen LogP contribution in [0.3, 0.4) is 0 Å². The minimum absolute atomic E-state index is 0.400. The van der Waals surface area contributed by atoms with Crippen LogP contribution >= 0.6 is 22.9 Å². The van der Waals surface area contributed by atoms with Gasteiger partial charge in [-0.25, -0.2) is 0 Å². The highest BCUT2D eigenvalue weighted by Crippen LogP contribution is 2.21. The highest BCUT2D eigenvalue weighted by atomic mass is 35.5. The van der Waals surface area contributed by atoms with Crippen molar-refractivity contribution in [1.82, 2.24) is 14.7 Å². The Balaban J connectivity index is 1.36. The molecule has 0 aromatic carbocycles. The lowest BCUT2D eigenvalue weighted by molar-refractivity contribution is 0.00699. The largest absolute Gasteiger partial charge is 0.378 e. The number of piperidine rings is 1. The minimum Gasteiger partial charge on any atom is -0.378 e. The normalized spacial score (nSPS) is 17.2. The lowest BCUT2D eigenvalue weighted by Crippen LogP contribution is -2.37. The zero-order valence-electron chi connectivity index (χ0n) is 12.9. The number of hydrogen-bond acceptors (Lipinski definition) is 4. The van der Waals surface area contributed by atoms with E-state index in [1.54, 1.807) is 11.3 Å². The van der Waals surface area contributed by atoms with Crippen molar-refractivity contribution in [2.75, 3.05) is 19.7 Å². The summed E-state index contributed by atoms with van der Waals surface area (Å²) in [7, 11) is 2.00. The van der Waals surface area contributed by atoms with Gasteiger partial charge < -0.3 is 4.74 Å². The van der Waals surface area contributed by atoms with Gasteiger partial charge in [0.25, 0.3) is 0 Å². The van der Waals surface area contributed by atoms with Crippen molar-refractivity contribution in [3.63, 3.8) is 0 Å². The van der Waals surface area contributed by atoms with Crippen molar-refractivity contribution in [1.29, 1.82) is 0 Å². The van der Waals surface area contributed by atoms with Gasteiger partial charge in [-0.2, -0.15) is 5.10 Å². The van der Waals surface area contributed by atoms with Gasteiger partial charge in [0.15, 0.2) is 0 Å². The molecule has 0 atom stereocenters. The number of nitrogens with zero attached hydrogens (tertiary/aromatic N) is 3. The average Bonchev–Trinajstić information content (AvgIpc) is 3.10. The van der Waals surface area contributed by atoms with Crippen molar-refractivity contribution in [3.8, 4) is 0 Å². The molecule has 2 aromatic rings. The van der Waals surface area contributed by atoms with Crippen LogP contribution in [0, 0.1) is 0 Å². The molecule has 0 aliphatic carbocycles. The maximum Gasteiger partial charge on any atom is 0.0931 e. The van der Waals surface area contributed by atoms with Crippen molar-refractivity contribution in [2.24, 2.45) is 7.05 Å². The van der Waals surface area contributed by atoms with Gasteiger partial charge in [-0.1, -0.05) is 11.6 Å². The third-order valence-electron chi connectivity index (χ3n) is 4.21. The first kappa shape index (κ1) is 16.0. The second-order valence-corrected chi connectivity index (χ2v) is 7.34. The molecule has 3 heterocycles. The van der Waals surface area contributed by atoms with E-state index in [0.29, 0.717) is 6.10 Å². The second kappa shape index (κ2) is 7.59. The molecule has 0 radical (unpaired) electrons. The van der Waals surface area contributed by atoms with E-state index in [2.05, 4.69) is 21.4 Å². The maximum absolute atomic E-state index is 6.02. The smallest absolute Gasteiger partial charge is 0.0931 e. The number of halogens is 1. The SMILES string of the molecule is Cn1nccc1CN1CCC(OCCc2csc(Cl)c2)CC1. The predicted octanol–water partition coefficient (Wildman–Crippen LogP) is 3.36. The van der Waals surface area contributed by atoms with Crippen LogP contribution in [-0.2, 0) is 24.8 Å². The highest BCUT2D eigenvalue weighted by molar-refractivity contribution is 7.14. The van der Waals surface area contributed by atoms with Gasteiger partial charge in [-0.15, -0.1) is 11.3 Å². The van der Waals surface area contributed by atoms with Gasteiger partial charge in [0.05, 0.1) is 22.7 Å². The first-order valence-electron chi connectivity index (χ1n) is 7.74. The summed E-state index contributed by atoms with van der Waals surface area (Å²) >= 11 is 7.53. The fourth-order valence-corrected chi connectivity index (χ4v) is 3.78. The van der Waals surface area contributed by atoms with Crippen LogP contribution in [0.4, 0.5) is 0 Å². The fraction of sp³-hybridized carbons (Fsp3) is 0.562. The zero-order chi connectivity index (χ0) is 15.4. The molecule has 1 saturated heterocycles. The number of ether oxygens (including phenoxy) is 1. The van der Waals surface area contributed by atoms with Crippen molar-refractivity contribution in [2.45, 2.75) is 31.9 Å². The second-order valence-electron chi connectivity index (χ2n) is 5.80. The Hall–Kier alpha value is -0.880. The van der Waals surface area contributed by atoms with Gasteiger partial charge in [0, 0.05) is 32.9 Å². The van der Waals surface area contributed by atoms with Crippen LogP contribution in [0.2, 0.25) is 4.34 Å². The molecule has 22 heavy (non-hydrogen) atoms. The average molecular weight is 340 g/mol. The van der Waals surface area contributed by atoms with Crippen LogP contribution in [0.5, 0.6) is 0 Å². The molecule has 0 saturated carbocycles. The van der Waals surface area contributed by atoms with Gasteiger partial charge in [-0.3, -0.25) is 9.58 Å². The lowest BCUT2D eigenvalue weighted by atomic mass is 10.1. The molecular formula is C16H22ClN3OS. The van der Waals surface area contributed by atoms with Crippen molar-refractivity contribution < 1.29 is 4.74 Å². The highest BCUT2D eigenvalue weighted by Gasteiger charge is 2.20. The number of likely N-dealkylation sites (tertiary alicyclic amines) is 1. The summed E-state index contributed by atoms with van der Waals surface area (Å²) in [4.78, 5) is 2.48. The van der Waals surface area contributed by atoms with Crippen LogP contribution in [0.15, 0.2) is 23.7 Å². The first-order chi connectivity index (χ1) is 10.7. The molecule has 1 aliphatic heterocycles. The van der Waals surface area contributed by atoms with Crippen LogP contribution in [0.25, 0.3) is 0 Å². The van der Waals surface area contributed by atoms with Gasteiger partial charge >= 0.3 is 0 Å². The molecule has 0 bridgehead atoms. The molecular weight excluding hydrogens is 318 g/mol. The summed E-state index contributed by atoms with van der Waals surface area (Å²) in [5.41, 5.74) is 2.55. The van der Waals surface area contributed by atoms with Gasteiger partial charge in [-0.05, 0) is 42.3 Å². The number of thiophene rings is 1. The van der Waals surface area contributed by atoms with E-state index >= 15 is 0 Å². The number of rotatable bonds is 6. The van der Waals surface area contributed by atoms with Crippen LogP contribution < -0.4 is 0 Å². The van der Waals surface area contributed by atoms with E-state index in [9.17, 15) is 0 Å². The van der Waals surface area contributed by atoms with E-state index < -0.39 is 0 Å². The number of aryl methyl sites for hydroxylation is 1. The molecule has 0 spiro atoms. The molecule has 2 aromatic heterocycles. The standard InChI is InChI=1S/C16H22ClN3OS/c1-19-14(2-6-18-19)11-20-7-3-15(4-8-20)21-9-5-13-10-16(17)22-12-13/h2,6,10,12,15H,3-5,7-9,11H2,1H3. The summed E-state index contributed by atoms with van der Waals surface area (Å²) in [6, 6.07) is 4.13. The Labute approximate surface area is 140 Å². The quantitative estimate of drug-likeness (QED) is 0.808. The molecule has 1 aliphatic rings. The number of aromatic nitrogens is 2. The van der Waals surface area contributed by atoms with E-state index in [-0.39, 0.29) is 0 Å². The molecule has 4 nitrogen and oxygen atoms in total. The summed E-state index contributed by atoms with van der Waals surface area (Å²) in [6.45, 7) is 3.97. The molecule has 0 amide bonds. The Kier molecular flexibility index (Phi) is 5.52. The Bertz CT molecular complexity index is 590. The summed E-state index contributed by atoms with van der Waals surface area (Å²) in [5, 5.41) is 6.34. The third kappa shape index (κ3) is 4.32. The summed E-state index contributed by atoms with van der Waals surface area (Å²) in [5.74, 6) is 0. The zero-order valence-corrected chi connectivity index (χ0v) is 14.4. The van der Waals surface area contributed by atoms with Crippen LogP contribution in [0.1, 0.15) is 24.1 Å². The monoisotopic (exact) mass is 339 g/mol. The Morgan fingerprint density at radius 1 is 1.41 bits per heavy atom. The minimum atomic E-state index is 0.400. The third-order valence-corrected chi connectivity index (χ3v) is 5.35. The van der Waals surface area contributed by atoms with E-state index in [1.165, 1.54) is 11.3 Å². The predicted molar refractivity (Wildman–Crippen MR) is 90.5 cm³/mol. The van der Waals surface area contributed by atoms with Crippen LogP contribution in [-0.4, -0.2) is 40.5 Å².